The zero-order valence-electron chi connectivity index (χ0n) is 16.5. The minimum atomic E-state index is -0.848. The smallest absolute Gasteiger partial charge is 0.329 e. The Hall–Kier alpha value is -3.69. The van der Waals surface area contributed by atoms with Gasteiger partial charge in [0.2, 0.25) is 17.8 Å². The molecule has 0 saturated heterocycles. The molecule has 0 spiro atoms. The van der Waals surface area contributed by atoms with Gasteiger partial charge in [-0.15, -0.1) is 0 Å². The fourth-order valence-electron chi connectivity index (χ4n) is 2.88. The summed E-state index contributed by atoms with van der Waals surface area (Å²) >= 11 is 0. The number of amides is 1. The van der Waals surface area contributed by atoms with Crippen LogP contribution in [0.4, 0.5) is 11.9 Å². The van der Waals surface area contributed by atoms with Gasteiger partial charge in [0.05, 0.1) is 0 Å². The van der Waals surface area contributed by atoms with Gasteiger partial charge < -0.3 is 25.7 Å². The fourth-order valence-corrected chi connectivity index (χ4v) is 2.88. The number of carbonyl (C=O) groups is 2. The van der Waals surface area contributed by atoms with Crippen molar-refractivity contribution in [1.29, 1.82) is 0 Å². The molecule has 1 atom stereocenters. The van der Waals surface area contributed by atoms with Crippen LogP contribution in [0.5, 0.6) is 0 Å². The standard InChI is InChI=1S/C19H23N7O3/c1-11(27)22-15(8-12-9-21-14-7-5-4-6-13(12)14)17(28)29-10-16-23-18(20)25-19(24-16)26(2)3/h4-7,9,15,21H,8,10H2,1-3H3,(H,22,27)(H2,20,23,24,25)/t15-/m0/s1. The SMILES string of the molecule is CC(=O)N[C@@H](Cc1c[nH]c2ccccc12)C(=O)OCc1nc(N)nc(N(C)C)n1. The van der Waals surface area contributed by atoms with Crippen molar-refractivity contribution in [3.05, 3.63) is 41.9 Å². The van der Waals surface area contributed by atoms with Gasteiger partial charge in [-0.05, 0) is 11.6 Å². The Morgan fingerprint density at radius 2 is 2.00 bits per heavy atom. The second-order valence-electron chi connectivity index (χ2n) is 6.73. The fraction of sp³-hybridized carbons (Fsp3) is 0.316. The van der Waals surface area contributed by atoms with Gasteiger partial charge in [0.25, 0.3) is 0 Å². The Labute approximate surface area is 167 Å². The van der Waals surface area contributed by atoms with Crippen molar-refractivity contribution in [3.63, 3.8) is 0 Å². The van der Waals surface area contributed by atoms with E-state index in [4.69, 9.17) is 10.5 Å². The molecule has 1 amide bonds. The van der Waals surface area contributed by atoms with Gasteiger partial charge in [0.15, 0.2) is 12.4 Å². The van der Waals surface area contributed by atoms with Gasteiger partial charge in [0.1, 0.15) is 6.04 Å². The number of ether oxygens (including phenoxy) is 1. The van der Waals surface area contributed by atoms with Gasteiger partial charge in [-0.1, -0.05) is 18.2 Å². The van der Waals surface area contributed by atoms with Gasteiger partial charge >= 0.3 is 5.97 Å². The van der Waals surface area contributed by atoms with Gasteiger partial charge in [0, 0.05) is 44.5 Å². The number of rotatable bonds is 7. The Balaban J connectivity index is 1.73. The van der Waals surface area contributed by atoms with Crippen LogP contribution in [0.15, 0.2) is 30.5 Å². The van der Waals surface area contributed by atoms with Crippen molar-refractivity contribution < 1.29 is 14.3 Å². The molecule has 0 aliphatic heterocycles. The molecule has 0 radical (unpaired) electrons. The predicted molar refractivity (Wildman–Crippen MR) is 108 cm³/mol. The molecule has 3 rings (SSSR count). The molecule has 10 nitrogen and oxygen atoms in total. The topological polar surface area (TPSA) is 139 Å². The van der Waals surface area contributed by atoms with E-state index in [1.807, 2.05) is 30.5 Å². The number of fused-ring (bicyclic) bond motifs is 1. The first-order valence-electron chi connectivity index (χ1n) is 9.00. The molecule has 0 saturated carbocycles. The third-order valence-corrected chi connectivity index (χ3v) is 4.19. The molecule has 10 heteroatoms. The van der Waals surface area contributed by atoms with Crippen LogP contribution in [-0.2, 0) is 27.4 Å². The maximum Gasteiger partial charge on any atom is 0.329 e. The summed E-state index contributed by atoms with van der Waals surface area (Å²) in [6.07, 6.45) is 2.10. The Kier molecular flexibility index (Phi) is 5.91. The summed E-state index contributed by atoms with van der Waals surface area (Å²) < 4.78 is 5.35. The largest absolute Gasteiger partial charge is 0.456 e. The van der Waals surface area contributed by atoms with Gasteiger partial charge in [-0.3, -0.25) is 4.79 Å². The number of esters is 1. The van der Waals surface area contributed by atoms with E-state index >= 15 is 0 Å². The van der Waals surface area contributed by atoms with Crippen LogP contribution >= 0.6 is 0 Å². The van der Waals surface area contributed by atoms with E-state index in [-0.39, 0.29) is 30.7 Å². The molecule has 0 aliphatic rings. The zero-order chi connectivity index (χ0) is 21.0. The number of anilines is 2. The number of hydrogen-bond acceptors (Lipinski definition) is 8. The van der Waals surface area contributed by atoms with E-state index < -0.39 is 12.0 Å². The molecule has 2 aromatic heterocycles. The summed E-state index contributed by atoms with van der Waals surface area (Å²) in [6.45, 7) is 1.17. The molecule has 0 bridgehead atoms. The lowest BCUT2D eigenvalue weighted by molar-refractivity contribution is -0.149. The van der Waals surface area contributed by atoms with Crippen LogP contribution in [0.3, 0.4) is 0 Å². The summed E-state index contributed by atoms with van der Waals surface area (Å²) in [7, 11) is 3.52. The second-order valence-corrected chi connectivity index (χ2v) is 6.73. The molecule has 3 aromatic rings. The van der Waals surface area contributed by atoms with Gasteiger partial charge in [-0.2, -0.15) is 15.0 Å². The number of aromatic nitrogens is 4. The molecule has 4 N–H and O–H groups in total. The second kappa shape index (κ2) is 8.55. The van der Waals surface area contributed by atoms with E-state index in [1.54, 1.807) is 19.0 Å². The number of benzene rings is 1. The molecule has 0 aliphatic carbocycles. The van der Waals surface area contributed by atoms with Crippen molar-refractivity contribution in [2.75, 3.05) is 24.7 Å². The molecular weight excluding hydrogens is 374 g/mol. The monoisotopic (exact) mass is 397 g/mol. The number of nitrogen functional groups attached to an aromatic ring is 1. The van der Waals surface area contributed by atoms with E-state index in [1.165, 1.54) is 6.92 Å². The third kappa shape index (κ3) is 4.98. The number of para-hydroxylation sites is 1. The number of aromatic amines is 1. The van der Waals surface area contributed by atoms with Crippen molar-refractivity contribution in [3.8, 4) is 0 Å². The maximum atomic E-state index is 12.7. The van der Waals surface area contributed by atoms with E-state index in [0.717, 1.165) is 16.5 Å². The molecule has 152 valence electrons. The average molecular weight is 397 g/mol. The van der Waals surface area contributed by atoms with Crippen LogP contribution in [0, 0.1) is 0 Å². The number of H-pyrrole nitrogens is 1. The number of nitrogens with one attached hydrogen (secondary N) is 2. The molecule has 2 heterocycles. The number of hydrogen-bond donors (Lipinski definition) is 3. The molecule has 29 heavy (non-hydrogen) atoms. The number of nitrogens with two attached hydrogens (primary N) is 1. The average Bonchev–Trinajstić information content (AvgIpc) is 3.08. The van der Waals surface area contributed by atoms with E-state index in [9.17, 15) is 9.59 Å². The zero-order valence-corrected chi connectivity index (χ0v) is 16.5. The van der Waals surface area contributed by atoms with E-state index in [0.29, 0.717) is 5.95 Å². The summed E-state index contributed by atoms with van der Waals surface area (Å²) in [6, 6.07) is 6.88. The number of nitrogens with zero attached hydrogens (tertiary/aromatic N) is 4. The van der Waals surface area contributed by atoms with Crippen molar-refractivity contribution in [2.24, 2.45) is 0 Å². The molecule has 1 aromatic carbocycles. The first-order valence-corrected chi connectivity index (χ1v) is 9.00. The minimum Gasteiger partial charge on any atom is -0.456 e. The summed E-state index contributed by atoms with van der Waals surface area (Å²) in [5.74, 6) is -0.294. The Morgan fingerprint density at radius 3 is 2.72 bits per heavy atom. The van der Waals surface area contributed by atoms with Crippen LogP contribution < -0.4 is 16.0 Å². The summed E-state index contributed by atoms with van der Waals surface area (Å²) in [5, 5.41) is 3.63. The van der Waals surface area contributed by atoms with Gasteiger partial charge in [-0.25, -0.2) is 4.79 Å². The van der Waals surface area contributed by atoms with Crippen LogP contribution in [-0.4, -0.2) is 51.9 Å². The van der Waals surface area contributed by atoms with E-state index in [2.05, 4.69) is 25.3 Å². The Bertz CT molecular complexity index is 1030. The highest BCUT2D eigenvalue weighted by molar-refractivity contribution is 5.86. The third-order valence-electron chi connectivity index (χ3n) is 4.19. The molecule has 0 fully saturated rings. The van der Waals surface area contributed by atoms with Crippen LogP contribution in [0.2, 0.25) is 0 Å². The number of carbonyl (C=O) groups excluding carboxylic acids is 2. The highest BCUT2D eigenvalue weighted by Gasteiger charge is 2.23. The first-order chi connectivity index (χ1) is 13.8. The maximum absolute atomic E-state index is 12.7. The normalized spacial score (nSPS) is 11.8. The minimum absolute atomic E-state index is 0.0342. The molecule has 0 unspecified atom stereocenters. The quantitative estimate of drug-likeness (QED) is 0.497. The summed E-state index contributed by atoms with van der Waals surface area (Å²) in [4.78, 5) is 41.3. The van der Waals surface area contributed by atoms with Crippen molar-refractivity contribution in [1.82, 2.24) is 25.3 Å². The summed E-state index contributed by atoms with van der Waals surface area (Å²) in [5.41, 5.74) is 7.53. The predicted octanol–water partition coefficient (Wildman–Crippen LogP) is 0.792. The van der Waals surface area contributed by atoms with Crippen LogP contribution in [0.1, 0.15) is 18.3 Å². The lowest BCUT2D eigenvalue weighted by Gasteiger charge is -2.17. The lowest BCUT2D eigenvalue weighted by Crippen LogP contribution is -2.42. The first kappa shape index (κ1) is 20.1. The van der Waals surface area contributed by atoms with Crippen LogP contribution in [0.25, 0.3) is 10.9 Å². The van der Waals surface area contributed by atoms with Crippen molar-refractivity contribution >= 4 is 34.7 Å². The van der Waals surface area contributed by atoms with Crippen molar-refractivity contribution in [2.45, 2.75) is 26.0 Å². The highest BCUT2D eigenvalue weighted by atomic mass is 16.5. The Morgan fingerprint density at radius 1 is 1.24 bits per heavy atom. The highest BCUT2D eigenvalue weighted by Crippen LogP contribution is 2.19. The lowest BCUT2D eigenvalue weighted by atomic mass is 10.0. The molecular formula is C19H23N7O3.